The molecule has 0 aliphatic rings. The molecule has 1 N–H and O–H groups in total. The highest BCUT2D eigenvalue weighted by Crippen LogP contribution is 2.14. The Kier molecular flexibility index (Phi) is 11.0. The SMILES string of the molecule is Cc1ccc(C(=O)CCCCCC(=O)C(O)CCCCCC(=O)c2ccc(C)cc2)cc1. The summed E-state index contributed by atoms with van der Waals surface area (Å²) in [4.78, 5) is 36.4. The van der Waals surface area contributed by atoms with E-state index in [4.69, 9.17) is 0 Å². The van der Waals surface area contributed by atoms with Gasteiger partial charge in [-0.05, 0) is 39.5 Å². The smallest absolute Gasteiger partial charge is 0.162 e. The van der Waals surface area contributed by atoms with E-state index in [-0.39, 0.29) is 17.3 Å². The van der Waals surface area contributed by atoms with Crippen molar-refractivity contribution in [1.82, 2.24) is 0 Å². The monoisotopic (exact) mass is 436 g/mol. The number of Topliss-reactive ketones (excluding diaryl/α,β-unsaturated/α-hetero) is 3. The van der Waals surface area contributed by atoms with E-state index in [0.29, 0.717) is 32.1 Å². The number of hydrogen-bond acceptors (Lipinski definition) is 4. The largest absolute Gasteiger partial charge is 0.385 e. The molecule has 1 atom stereocenters. The maximum atomic E-state index is 12.1. The van der Waals surface area contributed by atoms with Crippen molar-refractivity contribution in [3.8, 4) is 0 Å². The molecule has 0 aliphatic heterocycles. The lowest BCUT2D eigenvalue weighted by Crippen LogP contribution is -2.19. The fourth-order valence-corrected chi connectivity index (χ4v) is 3.66. The van der Waals surface area contributed by atoms with Crippen molar-refractivity contribution in [1.29, 1.82) is 0 Å². The first kappa shape index (κ1) is 25.7. The number of carbonyl (C=O) groups excluding carboxylic acids is 3. The first-order valence-electron chi connectivity index (χ1n) is 11.8. The van der Waals surface area contributed by atoms with Crippen LogP contribution < -0.4 is 0 Å². The summed E-state index contributed by atoms with van der Waals surface area (Å²) in [5, 5.41) is 10.1. The van der Waals surface area contributed by atoms with Crippen LogP contribution in [0.1, 0.15) is 96.1 Å². The average molecular weight is 437 g/mol. The van der Waals surface area contributed by atoms with Crippen LogP contribution in [0.2, 0.25) is 0 Å². The Balaban J connectivity index is 1.51. The second-order valence-corrected chi connectivity index (χ2v) is 8.72. The molecular formula is C28H36O4. The van der Waals surface area contributed by atoms with Crippen LogP contribution in [0.15, 0.2) is 48.5 Å². The number of aliphatic hydroxyl groups is 1. The Labute approximate surface area is 192 Å². The fourth-order valence-electron chi connectivity index (χ4n) is 3.66. The van der Waals surface area contributed by atoms with Crippen LogP contribution >= 0.6 is 0 Å². The highest BCUT2D eigenvalue weighted by atomic mass is 16.3. The summed E-state index contributed by atoms with van der Waals surface area (Å²) < 4.78 is 0. The van der Waals surface area contributed by atoms with Gasteiger partial charge in [-0.15, -0.1) is 0 Å². The maximum Gasteiger partial charge on any atom is 0.162 e. The Morgan fingerprint density at radius 2 is 1.03 bits per heavy atom. The molecule has 0 saturated heterocycles. The van der Waals surface area contributed by atoms with Crippen LogP contribution in [0.4, 0.5) is 0 Å². The van der Waals surface area contributed by atoms with Crippen LogP contribution in [0, 0.1) is 13.8 Å². The predicted molar refractivity (Wildman–Crippen MR) is 128 cm³/mol. The van der Waals surface area contributed by atoms with Crippen LogP contribution in [-0.4, -0.2) is 28.6 Å². The van der Waals surface area contributed by atoms with E-state index in [1.54, 1.807) is 0 Å². The molecule has 0 spiro atoms. The third-order valence-corrected chi connectivity index (χ3v) is 5.83. The van der Waals surface area contributed by atoms with Gasteiger partial charge in [0.2, 0.25) is 0 Å². The fraction of sp³-hybridized carbons (Fsp3) is 0.464. The Bertz CT molecular complexity index is 865. The highest BCUT2D eigenvalue weighted by Gasteiger charge is 2.14. The van der Waals surface area contributed by atoms with E-state index in [1.807, 2.05) is 62.4 Å². The lowest BCUT2D eigenvalue weighted by atomic mass is 9.99. The van der Waals surface area contributed by atoms with Gasteiger partial charge in [-0.1, -0.05) is 78.9 Å². The maximum absolute atomic E-state index is 12.1. The van der Waals surface area contributed by atoms with Crippen molar-refractivity contribution in [3.05, 3.63) is 70.8 Å². The quantitative estimate of drug-likeness (QED) is 0.266. The normalized spacial score (nSPS) is 11.8. The van der Waals surface area contributed by atoms with Gasteiger partial charge < -0.3 is 5.11 Å². The van der Waals surface area contributed by atoms with Crippen molar-refractivity contribution >= 4 is 17.3 Å². The van der Waals surface area contributed by atoms with Gasteiger partial charge in [0.05, 0.1) is 0 Å². The van der Waals surface area contributed by atoms with Crippen molar-refractivity contribution < 1.29 is 19.5 Å². The summed E-state index contributed by atoms with van der Waals surface area (Å²) in [6.45, 7) is 3.99. The van der Waals surface area contributed by atoms with Crippen LogP contribution in [0.5, 0.6) is 0 Å². The lowest BCUT2D eigenvalue weighted by Gasteiger charge is -2.09. The molecule has 4 heteroatoms. The molecule has 2 rings (SSSR count). The molecule has 0 fully saturated rings. The number of carbonyl (C=O) groups is 3. The number of hydrogen-bond donors (Lipinski definition) is 1. The second kappa shape index (κ2) is 13.7. The predicted octanol–water partition coefficient (Wildman–Crippen LogP) is 6.20. The summed E-state index contributed by atoms with van der Waals surface area (Å²) in [7, 11) is 0. The van der Waals surface area contributed by atoms with Gasteiger partial charge in [0.1, 0.15) is 6.10 Å². The van der Waals surface area contributed by atoms with Crippen molar-refractivity contribution in [3.63, 3.8) is 0 Å². The van der Waals surface area contributed by atoms with Gasteiger partial charge in [-0.2, -0.15) is 0 Å². The van der Waals surface area contributed by atoms with Crippen molar-refractivity contribution in [2.45, 2.75) is 84.2 Å². The number of ketones is 3. The van der Waals surface area contributed by atoms with Crippen LogP contribution in [0.25, 0.3) is 0 Å². The third kappa shape index (κ3) is 9.27. The Morgan fingerprint density at radius 1 is 0.625 bits per heavy atom. The molecule has 0 aromatic heterocycles. The topological polar surface area (TPSA) is 71.4 Å². The van der Waals surface area contributed by atoms with E-state index < -0.39 is 6.10 Å². The minimum atomic E-state index is -0.919. The standard InChI is InChI=1S/C28H36O4/c1-21-13-17-23(18-14-21)25(29)9-5-3-7-11-27(31)28(32)12-8-4-6-10-26(30)24-19-15-22(2)16-20-24/h13-20,27,31H,3-12H2,1-2H3. The van der Waals surface area contributed by atoms with Gasteiger partial charge in [-0.25, -0.2) is 0 Å². The molecule has 2 aromatic carbocycles. The number of benzene rings is 2. The molecule has 172 valence electrons. The summed E-state index contributed by atoms with van der Waals surface area (Å²) in [6.07, 6.45) is 5.44. The average Bonchev–Trinajstić information content (AvgIpc) is 2.79. The number of unbranched alkanes of at least 4 members (excludes halogenated alkanes) is 4. The molecule has 0 radical (unpaired) electrons. The summed E-state index contributed by atoms with van der Waals surface area (Å²) in [5.41, 5.74) is 3.75. The summed E-state index contributed by atoms with van der Waals surface area (Å²) >= 11 is 0. The Morgan fingerprint density at radius 3 is 1.50 bits per heavy atom. The first-order valence-corrected chi connectivity index (χ1v) is 11.8. The lowest BCUT2D eigenvalue weighted by molar-refractivity contribution is -0.127. The highest BCUT2D eigenvalue weighted by molar-refractivity contribution is 5.96. The van der Waals surface area contributed by atoms with Gasteiger partial charge in [-0.3, -0.25) is 14.4 Å². The third-order valence-electron chi connectivity index (χ3n) is 5.83. The molecular weight excluding hydrogens is 400 g/mol. The van der Waals surface area contributed by atoms with Crippen LogP contribution in [0.3, 0.4) is 0 Å². The minimum absolute atomic E-state index is 0.120. The van der Waals surface area contributed by atoms with E-state index >= 15 is 0 Å². The summed E-state index contributed by atoms with van der Waals surface area (Å²) in [5.74, 6) is 0.158. The molecule has 0 heterocycles. The van der Waals surface area contributed by atoms with Crippen molar-refractivity contribution in [2.24, 2.45) is 0 Å². The zero-order chi connectivity index (χ0) is 23.3. The molecule has 4 nitrogen and oxygen atoms in total. The molecule has 0 saturated carbocycles. The van der Waals surface area contributed by atoms with Gasteiger partial charge >= 0.3 is 0 Å². The van der Waals surface area contributed by atoms with E-state index in [2.05, 4.69) is 0 Å². The molecule has 32 heavy (non-hydrogen) atoms. The molecule has 0 amide bonds. The number of aryl methyl sites for hydroxylation is 2. The van der Waals surface area contributed by atoms with E-state index in [9.17, 15) is 19.5 Å². The summed E-state index contributed by atoms with van der Waals surface area (Å²) in [6, 6.07) is 15.2. The Hall–Kier alpha value is -2.59. The number of rotatable bonds is 15. The first-order chi connectivity index (χ1) is 15.4. The van der Waals surface area contributed by atoms with E-state index in [1.165, 1.54) is 0 Å². The minimum Gasteiger partial charge on any atom is -0.385 e. The van der Waals surface area contributed by atoms with Crippen LogP contribution in [-0.2, 0) is 4.79 Å². The van der Waals surface area contributed by atoms with Crippen molar-refractivity contribution in [2.75, 3.05) is 0 Å². The molecule has 0 bridgehead atoms. The molecule has 1 unspecified atom stereocenters. The second-order valence-electron chi connectivity index (χ2n) is 8.72. The molecule has 0 aliphatic carbocycles. The van der Waals surface area contributed by atoms with Gasteiger partial charge in [0, 0.05) is 30.4 Å². The van der Waals surface area contributed by atoms with Gasteiger partial charge in [0.25, 0.3) is 0 Å². The zero-order valence-corrected chi connectivity index (χ0v) is 19.4. The van der Waals surface area contributed by atoms with E-state index in [0.717, 1.165) is 54.4 Å². The van der Waals surface area contributed by atoms with Gasteiger partial charge in [0.15, 0.2) is 17.3 Å². The zero-order valence-electron chi connectivity index (χ0n) is 19.4. The number of aliphatic hydroxyl groups excluding tert-OH is 1. The molecule has 2 aromatic rings.